The van der Waals surface area contributed by atoms with Crippen LogP contribution in [0.2, 0.25) is 0 Å². The van der Waals surface area contributed by atoms with Crippen molar-refractivity contribution in [3.05, 3.63) is 0 Å². The SMILES string of the molecule is O=C(O)CCC[N+]1(CCO)CCCC1.[OH-]. The number of hydrogen-bond donors (Lipinski definition) is 2. The van der Waals surface area contributed by atoms with Crippen molar-refractivity contribution in [2.45, 2.75) is 25.7 Å². The van der Waals surface area contributed by atoms with Crippen molar-refractivity contribution >= 4 is 5.97 Å². The lowest BCUT2D eigenvalue weighted by molar-refractivity contribution is -0.917. The van der Waals surface area contributed by atoms with Gasteiger partial charge in [0.2, 0.25) is 0 Å². The molecular weight excluding hydrogens is 198 g/mol. The molecule has 15 heavy (non-hydrogen) atoms. The molecule has 0 aromatic rings. The van der Waals surface area contributed by atoms with E-state index in [0.29, 0.717) is 0 Å². The minimum Gasteiger partial charge on any atom is -0.870 e. The smallest absolute Gasteiger partial charge is 0.303 e. The van der Waals surface area contributed by atoms with Crippen LogP contribution in [0, 0.1) is 0 Å². The predicted molar refractivity (Wildman–Crippen MR) is 54.9 cm³/mol. The Morgan fingerprint density at radius 2 is 1.80 bits per heavy atom. The number of nitrogens with zero attached hydrogens (tertiary/aromatic N) is 1. The van der Waals surface area contributed by atoms with Crippen LogP contribution < -0.4 is 0 Å². The molecule has 0 radical (unpaired) electrons. The fraction of sp³-hybridized carbons (Fsp3) is 0.900. The zero-order valence-electron chi connectivity index (χ0n) is 9.06. The standard InChI is InChI=1S/C10H19NO3.H2O/c12-9-8-11(5-1-2-6-11)7-3-4-10(13)14;/h12H,1-9H2;1H2. The van der Waals surface area contributed by atoms with Gasteiger partial charge in [0.15, 0.2) is 0 Å². The van der Waals surface area contributed by atoms with E-state index in [1.54, 1.807) is 0 Å². The zero-order chi connectivity index (χ0) is 10.4. The molecule has 1 aliphatic heterocycles. The Morgan fingerprint density at radius 1 is 1.20 bits per heavy atom. The third-order valence-corrected chi connectivity index (χ3v) is 3.11. The lowest BCUT2D eigenvalue weighted by atomic mass is 10.2. The van der Waals surface area contributed by atoms with Gasteiger partial charge in [-0.2, -0.15) is 0 Å². The van der Waals surface area contributed by atoms with Gasteiger partial charge in [-0.3, -0.25) is 4.79 Å². The molecule has 1 fully saturated rings. The Bertz CT molecular complexity index is 190. The van der Waals surface area contributed by atoms with Crippen LogP contribution >= 0.6 is 0 Å². The average molecular weight is 219 g/mol. The van der Waals surface area contributed by atoms with E-state index < -0.39 is 5.97 Å². The highest BCUT2D eigenvalue weighted by molar-refractivity contribution is 5.66. The third-order valence-electron chi connectivity index (χ3n) is 3.11. The number of rotatable bonds is 6. The molecule has 5 nitrogen and oxygen atoms in total. The third kappa shape index (κ3) is 4.59. The molecule has 0 aliphatic carbocycles. The topological polar surface area (TPSA) is 87.5 Å². The summed E-state index contributed by atoms with van der Waals surface area (Å²) in [5.41, 5.74) is 0. The Hall–Kier alpha value is -0.650. The first-order chi connectivity index (χ1) is 6.68. The molecule has 0 aromatic carbocycles. The largest absolute Gasteiger partial charge is 0.870 e. The number of hydrogen-bond acceptors (Lipinski definition) is 3. The molecule has 90 valence electrons. The number of aliphatic hydroxyl groups excluding tert-OH is 1. The molecule has 1 saturated heterocycles. The fourth-order valence-corrected chi connectivity index (χ4v) is 2.34. The molecule has 0 aromatic heterocycles. The Balaban J connectivity index is 0.00000196. The van der Waals surface area contributed by atoms with Gasteiger partial charge in [-0.15, -0.1) is 0 Å². The number of aliphatic carboxylic acids is 1. The Labute approximate surface area is 90.2 Å². The molecule has 0 saturated carbocycles. The number of aliphatic hydroxyl groups is 1. The molecule has 1 rings (SSSR count). The van der Waals surface area contributed by atoms with Gasteiger partial charge in [-0.1, -0.05) is 0 Å². The van der Waals surface area contributed by atoms with E-state index in [1.165, 1.54) is 12.8 Å². The normalized spacial score (nSPS) is 18.5. The van der Waals surface area contributed by atoms with Crippen molar-refractivity contribution in [3.63, 3.8) is 0 Å². The summed E-state index contributed by atoms with van der Waals surface area (Å²) >= 11 is 0. The molecule has 1 aliphatic rings. The maximum Gasteiger partial charge on any atom is 0.303 e. The molecule has 1 heterocycles. The van der Waals surface area contributed by atoms with Gasteiger partial charge >= 0.3 is 5.97 Å². The molecule has 3 N–H and O–H groups in total. The highest BCUT2D eigenvalue weighted by Gasteiger charge is 2.30. The molecule has 0 amide bonds. The first-order valence-electron chi connectivity index (χ1n) is 5.36. The van der Waals surface area contributed by atoms with Gasteiger partial charge in [0.25, 0.3) is 0 Å². The van der Waals surface area contributed by atoms with E-state index in [-0.39, 0.29) is 18.5 Å². The molecular formula is C10H21NO4. The zero-order valence-corrected chi connectivity index (χ0v) is 9.06. The van der Waals surface area contributed by atoms with Crippen molar-refractivity contribution in [2.24, 2.45) is 0 Å². The van der Waals surface area contributed by atoms with Crippen LogP contribution in [-0.2, 0) is 4.79 Å². The van der Waals surface area contributed by atoms with Gasteiger partial charge in [0, 0.05) is 19.3 Å². The molecule has 0 bridgehead atoms. The van der Waals surface area contributed by atoms with Crippen molar-refractivity contribution in [2.75, 3.05) is 32.8 Å². The minimum absolute atomic E-state index is 0. The molecule has 0 atom stereocenters. The van der Waals surface area contributed by atoms with E-state index in [2.05, 4.69) is 0 Å². The van der Waals surface area contributed by atoms with Crippen LogP contribution in [-0.4, -0.2) is 58.9 Å². The average Bonchev–Trinajstić information content (AvgIpc) is 2.53. The van der Waals surface area contributed by atoms with Crippen LogP contribution in [0.4, 0.5) is 0 Å². The number of carboxylic acid groups (broad SMARTS) is 1. The summed E-state index contributed by atoms with van der Waals surface area (Å²) in [6, 6.07) is 0. The number of quaternary nitrogens is 1. The monoisotopic (exact) mass is 219 g/mol. The second-order valence-electron chi connectivity index (χ2n) is 4.16. The predicted octanol–water partition coefficient (Wildman–Crippen LogP) is 0.277. The van der Waals surface area contributed by atoms with Crippen LogP contribution in [0.25, 0.3) is 0 Å². The first kappa shape index (κ1) is 14.3. The molecule has 5 heteroatoms. The lowest BCUT2D eigenvalue weighted by Gasteiger charge is -2.33. The van der Waals surface area contributed by atoms with E-state index in [1.807, 2.05) is 0 Å². The maximum atomic E-state index is 10.4. The number of likely N-dealkylation sites (tertiary alicyclic amines) is 1. The van der Waals surface area contributed by atoms with Crippen LogP contribution in [0.5, 0.6) is 0 Å². The molecule has 0 spiro atoms. The summed E-state index contributed by atoms with van der Waals surface area (Å²) in [6.07, 6.45) is 3.42. The van der Waals surface area contributed by atoms with Gasteiger partial charge in [-0.25, -0.2) is 0 Å². The quantitative estimate of drug-likeness (QED) is 0.628. The van der Waals surface area contributed by atoms with Gasteiger partial charge in [0.1, 0.15) is 6.54 Å². The summed E-state index contributed by atoms with van der Waals surface area (Å²) in [7, 11) is 0. The summed E-state index contributed by atoms with van der Waals surface area (Å²) in [5, 5.41) is 17.5. The lowest BCUT2D eigenvalue weighted by Crippen LogP contribution is -2.48. The number of carbonyl (C=O) groups is 1. The highest BCUT2D eigenvalue weighted by Crippen LogP contribution is 2.19. The maximum absolute atomic E-state index is 10.4. The highest BCUT2D eigenvalue weighted by atomic mass is 16.4. The Morgan fingerprint density at radius 3 is 2.27 bits per heavy atom. The number of carboxylic acids is 1. The summed E-state index contributed by atoms with van der Waals surface area (Å²) in [6.45, 7) is 4.14. The summed E-state index contributed by atoms with van der Waals surface area (Å²) in [5.74, 6) is -0.716. The second-order valence-corrected chi connectivity index (χ2v) is 4.16. The Kier molecular flexibility index (Phi) is 6.47. The van der Waals surface area contributed by atoms with E-state index in [4.69, 9.17) is 10.2 Å². The van der Waals surface area contributed by atoms with Crippen molar-refractivity contribution in [3.8, 4) is 0 Å². The van der Waals surface area contributed by atoms with E-state index in [0.717, 1.165) is 37.1 Å². The van der Waals surface area contributed by atoms with Gasteiger partial charge < -0.3 is 20.2 Å². The first-order valence-corrected chi connectivity index (χ1v) is 5.36. The fourth-order valence-electron chi connectivity index (χ4n) is 2.34. The second kappa shape index (κ2) is 6.76. The van der Waals surface area contributed by atoms with E-state index >= 15 is 0 Å². The minimum atomic E-state index is -0.716. The summed E-state index contributed by atoms with van der Waals surface area (Å²) < 4.78 is 0.934. The van der Waals surface area contributed by atoms with Crippen LogP contribution in [0.3, 0.4) is 0 Å². The van der Waals surface area contributed by atoms with E-state index in [9.17, 15) is 4.79 Å². The van der Waals surface area contributed by atoms with Crippen LogP contribution in [0.15, 0.2) is 0 Å². The van der Waals surface area contributed by atoms with Crippen molar-refractivity contribution < 1.29 is 25.0 Å². The van der Waals surface area contributed by atoms with Crippen molar-refractivity contribution in [1.82, 2.24) is 0 Å². The van der Waals surface area contributed by atoms with Crippen molar-refractivity contribution in [1.29, 1.82) is 0 Å². The van der Waals surface area contributed by atoms with Crippen LogP contribution in [0.1, 0.15) is 25.7 Å². The summed E-state index contributed by atoms with van der Waals surface area (Å²) in [4.78, 5) is 10.4. The van der Waals surface area contributed by atoms with Gasteiger partial charge in [0.05, 0.1) is 32.7 Å². The molecule has 0 unspecified atom stereocenters. The van der Waals surface area contributed by atoms with Gasteiger partial charge in [-0.05, 0) is 0 Å².